The molecule has 0 fully saturated rings. The number of benzene rings is 2. The summed E-state index contributed by atoms with van der Waals surface area (Å²) in [6.07, 6.45) is 2.29. The van der Waals surface area contributed by atoms with Gasteiger partial charge in [-0.1, -0.05) is 54.1 Å². The van der Waals surface area contributed by atoms with Crippen molar-refractivity contribution in [2.24, 2.45) is 5.92 Å². The van der Waals surface area contributed by atoms with Crippen molar-refractivity contribution in [3.8, 4) is 0 Å². The minimum absolute atomic E-state index is 0.119. The Morgan fingerprint density at radius 3 is 2.31 bits per heavy atom. The summed E-state index contributed by atoms with van der Waals surface area (Å²) in [6, 6.07) is 16.6. The molecule has 0 spiro atoms. The molecular weight excluding hydrogens is 392 g/mol. The molecule has 2 aromatic rings. The van der Waals surface area contributed by atoms with E-state index in [9.17, 15) is 14.7 Å². The SMILES string of the molecule is O=C(CC(CCCc1ccc(Cl)cc1)C(=O)NC(CO)Cc1ccccc1)NO. The highest BCUT2D eigenvalue weighted by atomic mass is 35.5. The van der Waals surface area contributed by atoms with E-state index in [1.165, 1.54) is 0 Å². The lowest BCUT2D eigenvalue weighted by Crippen LogP contribution is -2.43. The second kappa shape index (κ2) is 12.2. The molecule has 2 rings (SSSR count). The Kier molecular flexibility index (Phi) is 9.64. The quantitative estimate of drug-likeness (QED) is 0.333. The molecular formula is C22H27ClN2O4. The molecule has 2 unspecified atom stereocenters. The van der Waals surface area contributed by atoms with E-state index < -0.39 is 17.9 Å². The second-order valence-corrected chi connectivity index (χ2v) is 7.47. The molecule has 2 atom stereocenters. The van der Waals surface area contributed by atoms with Gasteiger partial charge in [-0.2, -0.15) is 0 Å². The van der Waals surface area contributed by atoms with Gasteiger partial charge in [0.2, 0.25) is 11.8 Å². The smallest absolute Gasteiger partial charge is 0.244 e. The van der Waals surface area contributed by atoms with Crippen LogP contribution in [0.2, 0.25) is 5.02 Å². The predicted octanol–water partition coefficient (Wildman–Crippen LogP) is 2.89. The lowest BCUT2D eigenvalue weighted by atomic mass is 9.94. The van der Waals surface area contributed by atoms with E-state index in [4.69, 9.17) is 16.8 Å². The number of amides is 2. The average Bonchev–Trinajstić information content (AvgIpc) is 2.74. The summed E-state index contributed by atoms with van der Waals surface area (Å²) in [5.41, 5.74) is 3.68. The molecule has 29 heavy (non-hydrogen) atoms. The molecule has 0 saturated carbocycles. The molecule has 0 aromatic heterocycles. The van der Waals surface area contributed by atoms with Gasteiger partial charge in [-0.05, 0) is 48.9 Å². The fraction of sp³-hybridized carbons (Fsp3) is 0.364. The number of rotatable bonds is 11. The van der Waals surface area contributed by atoms with Gasteiger partial charge in [0.1, 0.15) is 0 Å². The van der Waals surface area contributed by atoms with Crippen LogP contribution in [0.5, 0.6) is 0 Å². The zero-order valence-electron chi connectivity index (χ0n) is 16.2. The summed E-state index contributed by atoms with van der Waals surface area (Å²) in [5.74, 6) is -1.51. The van der Waals surface area contributed by atoms with E-state index in [-0.39, 0.29) is 18.9 Å². The first-order chi connectivity index (χ1) is 14.0. The lowest BCUT2D eigenvalue weighted by Gasteiger charge is -2.21. The van der Waals surface area contributed by atoms with Crippen molar-refractivity contribution >= 4 is 23.4 Å². The van der Waals surface area contributed by atoms with Gasteiger partial charge in [-0.25, -0.2) is 5.48 Å². The van der Waals surface area contributed by atoms with E-state index in [1.54, 1.807) is 5.48 Å². The average molecular weight is 419 g/mol. The van der Waals surface area contributed by atoms with Gasteiger partial charge in [0.05, 0.1) is 12.6 Å². The number of carbonyl (C=O) groups is 2. The van der Waals surface area contributed by atoms with Crippen LogP contribution in [0.4, 0.5) is 0 Å². The normalized spacial score (nSPS) is 12.8. The zero-order chi connectivity index (χ0) is 21.1. The third kappa shape index (κ3) is 8.23. The van der Waals surface area contributed by atoms with Crippen LogP contribution in [0.25, 0.3) is 0 Å². The largest absolute Gasteiger partial charge is 0.394 e. The Balaban J connectivity index is 1.94. The molecule has 0 heterocycles. The van der Waals surface area contributed by atoms with Crippen LogP contribution in [-0.2, 0) is 22.4 Å². The van der Waals surface area contributed by atoms with Crippen molar-refractivity contribution in [2.75, 3.05) is 6.61 Å². The minimum Gasteiger partial charge on any atom is -0.394 e. The minimum atomic E-state index is -0.611. The van der Waals surface area contributed by atoms with Crippen LogP contribution >= 0.6 is 11.6 Å². The molecule has 4 N–H and O–H groups in total. The highest BCUT2D eigenvalue weighted by molar-refractivity contribution is 6.30. The molecule has 6 nitrogen and oxygen atoms in total. The van der Waals surface area contributed by atoms with Gasteiger partial charge in [0, 0.05) is 17.4 Å². The topological polar surface area (TPSA) is 98.7 Å². The van der Waals surface area contributed by atoms with E-state index in [2.05, 4.69) is 5.32 Å². The van der Waals surface area contributed by atoms with Crippen molar-refractivity contribution in [3.05, 3.63) is 70.7 Å². The molecule has 0 bridgehead atoms. The number of nitrogens with one attached hydrogen (secondary N) is 2. The molecule has 0 aliphatic rings. The molecule has 2 amide bonds. The van der Waals surface area contributed by atoms with Gasteiger partial charge in [0.15, 0.2) is 0 Å². The zero-order valence-corrected chi connectivity index (χ0v) is 16.9. The van der Waals surface area contributed by atoms with Crippen LogP contribution in [0.15, 0.2) is 54.6 Å². The monoisotopic (exact) mass is 418 g/mol. The number of aryl methyl sites for hydroxylation is 1. The van der Waals surface area contributed by atoms with Crippen molar-refractivity contribution in [2.45, 2.75) is 38.1 Å². The summed E-state index contributed by atoms with van der Waals surface area (Å²) in [6.45, 7) is -0.204. The van der Waals surface area contributed by atoms with E-state index in [0.717, 1.165) is 17.5 Å². The van der Waals surface area contributed by atoms with Crippen LogP contribution in [-0.4, -0.2) is 34.8 Å². The fourth-order valence-corrected chi connectivity index (χ4v) is 3.30. The van der Waals surface area contributed by atoms with Gasteiger partial charge in [0.25, 0.3) is 0 Å². The second-order valence-electron chi connectivity index (χ2n) is 7.03. The van der Waals surface area contributed by atoms with Gasteiger partial charge < -0.3 is 10.4 Å². The van der Waals surface area contributed by atoms with Crippen molar-refractivity contribution in [3.63, 3.8) is 0 Å². The van der Waals surface area contributed by atoms with Crippen LogP contribution in [0, 0.1) is 5.92 Å². The third-order valence-electron chi connectivity index (χ3n) is 4.75. The first-order valence-corrected chi connectivity index (χ1v) is 10.0. The highest BCUT2D eigenvalue weighted by Gasteiger charge is 2.24. The number of hydrogen-bond donors (Lipinski definition) is 4. The van der Waals surface area contributed by atoms with Gasteiger partial charge in [-0.15, -0.1) is 0 Å². The number of aliphatic hydroxyl groups is 1. The summed E-state index contributed by atoms with van der Waals surface area (Å²) >= 11 is 5.89. The summed E-state index contributed by atoms with van der Waals surface area (Å²) in [7, 11) is 0. The van der Waals surface area contributed by atoms with Crippen molar-refractivity contribution in [1.29, 1.82) is 0 Å². The van der Waals surface area contributed by atoms with Crippen molar-refractivity contribution in [1.82, 2.24) is 10.8 Å². The predicted molar refractivity (Wildman–Crippen MR) is 112 cm³/mol. The standard InChI is InChI=1S/C22H27ClN2O4/c23-19-11-9-16(10-12-19)7-4-8-18(14-21(27)25-29)22(28)24-20(15-26)13-17-5-2-1-3-6-17/h1-3,5-6,9-12,18,20,26,29H,4,7-8,13-15H2,(H,24,28)(H,25,27). The Hall–Kier alpha value is -2.41. The molecule has 0 saturated heterocycles. The van der Waals surface area contributed by atoms with Crippen LogP contribution < -0.4 is 10.8 Å². The van der Waals surface area contributed by atoms with Gasteiger partial charge >= 0.3 is 0 Å². The summed E-state index contributed by atoms with van der Waals surface area (Å²) in [5, 5.41) is 22.0. The van der Waals surface area contributed by atoms with Crippen LogP contribution in [0.1, 0.15) is 30.4 Å². The molecule has 0 aliphatic carbocycles. The third-order valence-corrected chi connectivity index (χ3v) is 5.00. The molecule has 2 aromatic carbocycles. The van der Waals surface area contributed by atoms with Crippen molar-refractivity contribution < 1.29 is 19.9 Å². The van der Waals surface area contributed by atoms with E-state index in [1.807, 2.05) is 54.6 Å². The van der Waals surface area contributed by atoms with Crippen LogP contribution in [0.3, 0.4) is 0 Å². The first-order valence-electron chi connectivity index (χ1n) is 9.64. The summed E-state index contributed by atoms with van der Waals surface area (Å²) < 4.78 is 0. The Morgan fingerprint density at radius 2 is 1.69 bits per heavy atom. The number of hydrogen-bond acceptors (Lipinski definition) is 4. The fourth-order valence-electron chi connectivity index (χ4n) is 3.18. The number of aliphatic hydroxyl groups excluding tert-OH is 1. The van der Waals surface area contributed by atoms with E-state index in [0.29, 0.717) is 24.3 Å². The maximum atomic E-state index is 12.7. The molecule has 7 heteroatoms. The maximum absolute atomic E-state index is 12.7. The molecule has 156 valence electrons. The first kappa shape index (κ1) is 22.9. The molecule has 0 radical (unpaired) electrons. The number of halogens is 1. The van der Waals surface area contributed by atoms with E-state index >= 15 is 0 Å². The number of carbonyl (C=O) groups excluding carboxylic acids is 2. The Labute approximate surface area is 175 Å². The number of hydroxylamine groups is 1. The summed E-state index contributed by atoms with van der Waals surface area (Å²) in [4.78, 5) is 24.4. The van der Waals surface area contributed by atoms with Gasteiger partial charge in [-0.3, -0.25) is 14.8 Å². The maximum Gasteiger partial charge on any atom is 0.244 e. The highest BCUT2D eigenvalue weighted by Crippen LogP contribution is 2.17. The Morgan fingerprint density at radius 1 is 1.00 bits per heavy atom. The molecule has 0 aliphatic heterocycles. The Bertz CT molecular complexity index is 768. The lowest BCUT2D eigenvalue weighted by molar-refractivity contribution is -0.135.